The summed E-state index contributed by atoms with van der Waals surface area (Å²) in [7, 11) is 1.34. The van der Waals surface area contributed by atoms with Crippen molar-refractivity contribution in [3.05, 3.63) is 4.77 Å². The highest BCUT2D eigenvalue weighted by molar-refractivity contribution is 7.71. The first-order valence-electron chi connectivity index (χ1n) is 9.02. The number of tetrazole rings is 1. The lowest BCUT2D eigenvalue weighted by atomic mass is 9.69. The van der Waals surface area contributed by atoms with Gasteiger partial charge in [-0.2, -0.15) is 4.80 Å². The zero-order valence-corrected chi connectivity index (χ0v) is 15.9. The van der Waals surface area contributed by atoms with Crippen LogP contribution in [0.25, 0.3) is 0 Å². The van der Waals surface area contributed by atoms with Crippen LogP contribution in [-0.4, -0.2) is 63.5 Å². The van der Waals surface area contributed by atoms with Crippen molar-refractivity contribution in [3.8, 4) is 0 Å². The minimum Gasteiger partial charge on any atom is -0.464 e. The molecule has 4 atom stereocenters. The van der Waals surface area contributed by atoms with Crippen LogP contribution in [-0.2, 0) is 20.8 Å². The van der Waals surface area contributed by atoms with Crippen LogP contribution in [0.1, 0.15) is 32.6 Å². The molecule has 26 heavy (non-hydrogen) atoms. The van der Waals surface area contributed by atoms with E-state index < -0.39 is 12.1 Å². The molecule has 1 aromatic heterocycles. The molecule has 9 nitrogen and oxygen atoms in total. The fourth-order valence-corrected chi connectivity index (χ4v) is 4.41. The normalized spacial score (nSPS) is 28.3. The van der Waals surface area contributed by atoms with E-state index in [4.69, 9.17) is 21.7 Å². The number of nitrogens with one attached hydrogen (secondary N) is 1. The zero-order valence-electron chi connectivity index (χ0n) is 15.1. The van der Waals surface area contributed by atoms with Crippen molar-refractivity contribution < 1.29 is 19.1 Å². The predicted octanol–water partition coefficient (Wildman–Crippen LogP) is 1.77. The van der Waals surface area contributed by atoms with E-state index in [1.807, 2.05) is 0 Å². The smallest absolute Gasteiger partial charge is 0.410 e. The highest BCUT2D eigenvalue weighted by Crippen LogP contribution is 2.41. The molecule has 2 heterocycles. The third kappa shape index (κ3) is 4.05. The summed E-state index contributed by atoms with van der Waals surface area (Å²) < 4.78 is 10.4. The summed E-state index contributed by atoms with van der Waals surface area (Å²) in [5.41, 5.74) is 0. The first kappa shape index (κ1) is 18.8. The molecular formula is C16H25N5O4S. The summed E-state index contributed by atoms with van der Waals surface area (Å²) in [5, 5.41) is 10.7. The molecule has 0 unspecified atom stereocenters. The molecule has 1 saturated carbocycles. The van der Waals surface area contributed by atoms with Gasteiger partial charge in [-0.15, -0.1) is 0 Å². The zero-order chi connectivity index (χ0) is 18.7. The van der Waals surface area contributed by atoms with Crippen molar-refractivity contribution in [2.24, 2.45) is 17.8 Å². The Morgan fingerprint density at radius 2 is 2.12 bits per heavy atom. The van der Waals surface area contributed by atoms with Crippen molar-refractivity contribution in [1.29, 1.82) is 0 Å². The summed E-state index contributed by atoms with van der Waals surface area (Å²) in [6.45, 7) is 3.34. The van der Waals surface area contributed by atoms with Gasteiger partial charge in [-0.1, -0.05) is 5.10 Å². The number of carbonyl (C=O) groups is 2. The number of aromatic amines is 1. The maximum atomic E-state index is 12.4. The van der Waals surface area contributed by atoms with Gasteiger partial charge in [0.05, 0.1) is 20.3 Å². The number of hydrogen-bond donors (Lipinski definition) is 1. The van der Waals surface area contributed by atoms with Gasteiger partial charge in [0.15, 0.2) is 0 Å². The van der Waals surface area contributed by atoms with Crippen molar-refractivity contribution in [2.45, 2.75) is 45.2 Å². The second-order valence-corrected chi connectivity index (χ2v) is 7.40. The molecule has 1 aliphatic heterocycles. The minimum atomic E-state index is -0.570. The van der Waals surface area contributed by atoms with Crippen LogP contribution in [0.3, 0.4) is 0 Å². The third-order valence-electron chi connectivity index (χ3n) is 5.45. The number of aromatic nitrogens is 4. The Morgan fingerprint density at radius 1 is 1.31 bits per heavy atom. The number of rotatable bonds is 4. The standard InChI is InChI=1S/C16H25N5O4S/c1-3-25-14(22)13-7-12-6-10(8-21-18-15(26)17-19-21)4-5-11(12)9-20(13)16(23)24-2/h10-13H,3-9H2,1-2H3,(H,18,26)/t10-,11-,12+,13-/m0/s1. The first-order valence-corrected chi connectivity index (χ1v) is 9.43. The molecule has 2 fully saturated rings. The molecule has 2 aliphatic rings. The maximum absolute atomic E-state index is 12.4. The number of esters is 1. The van der Waals surface area contributed by atoms with E-state index in [9.17, 15) is 9.59 Å². The lowest BCUT2D eigenvalue weighted by Crippen LogP contribution is -2.55. The molecule has 1 saturated heterocycles. The molecule has 0 radical (unpaired) electrons. The molecule has 1 amide bonds. The average molecular weight is 383 g/mol. The van der Waals surface area contributed by atoms with Crippen molar-refractivity contribution in [2.75, 3.05) is 20.3 Å². The van der Waals surface area contributed by atoms with Gasteiger partial charge in [0.2, 0.25) is 4.77 Å². The van der Waals surface area contributed by atoms with Gasteiger partial charge in [0, 0.05) is 6.54 Å². The summed E-state index contributed by atoms with van der Waals surface area (Å²) in [6.07, 6.45) is 3.19. The Labute approximate surface area is 157 Å². The monoisotopic (exact) mass is 383 g/mol. The summed E-state index contributed by atoms with van der Waals surface area (Å²) in [6, 6.07) is -0.570. The van der Waals surface area contributed by atoms with Crippen LogP contribution in [0.2, 0.25) is 0 Å². The number of fused-ring (bicyclic) bond motifs is 1. The molecule has 0 spiro atoms. The van der Waals surface area contributed by atoms with Crippen LogP contribution < -0.4 is 0 Å². The van der Waals surface area contributed by atoms with Gasteiger partial charge >= 0.3 is 12.1 Å². The highest BCUT2D eigenvalue weighted by Gasteiger charge is 2.44. The fourth-order valence-electron chi connectivity index (χ4n) is 4.27. The van der Waals surface area contributed by atoms with E-state index in [2.05, 4.69) is 15.4 Å². The lowest BCUT2D eigenvalue weighted by Gasteiger charge is -2.46. The number of hydrogen-bond acceptors (Lipinski definition) is 7. The number of carbonyl (C=O) groups excluding carboxylic acids is 2. The fraction of sp³-hybridized carbons (Fsp3) is 0.812. The number of H-pyrrole nitrogens is 1. The maximum Gasteiger partial charge on any atom is 0.410 e. The second kappa shape index (κ2) is 8.15. The Morgan fingerprint density at radius 3 is 2.77 bits per heavy atom. The van der Waals surface area contributed by atoms with Gasteiger partial charge in [-0.05, 0) is 67.8 Å². The molecule has 1 aliphatic carbocycles. The number of piperidine rings is 1. The molecule has 1 N–H and O–H groups in total. The van der Waals surface area contributed by atoms with Gasteiger partial charge in [-0.3, -0.25) is 10.00 Å². The van der Waals surface area contributed by atoms with E-state index in [1.165, 1.54) is 12.0 Å². The number of likely N-dealkylation sites (tertiary alicyclic amines) is 1. The summed E-state index contributed by atoms with van der Waals surface area (Å²) in [4.78, 5) is 27.7. The van der Waals surface area contributed by atoms with Crippen molar-refractivity contribution >= 4 is 24.3 Å². The van der Waals surface area contributed by atoms with Crippen LogP contribution in [0.5, 0.6) is 0 Å². The highest BCUT2D eigenvalue weighted by atomic mass is 32.1. The van der Waals surface area contributed by atoms with E-state index in [0.717, 1.165) is 25.8 Å². The van der Waals surface area contributed by atoms with Crippen LogP contribution in [0.4, 0.5) is 4.79 Å². The Bertz CT molecular complexity index is 705. The predicted molar refractivity (Wildman–Crippen MR) is 93.7 cm³/mol. The number of methoxy groups -OCH3 is 1. The SMILES string of the molecule is CCOC(=O)[C@@H]1C[C@H]2C[C@@H](Cn3nnc(=S)[nH]3)CC[C@H]2CN1C(=O)OC. The van der Waals surface area contributed by atoms with Crippen molar-refractivity contribution in [3.63, 3.8) is 0 Å². The van der Waals surface area contributed by atoms with Crippen LogP contribution >= 0.6 is 12.2 Å². The molecular weight excluding hydrogens is 358 g/mol. The Balaban J connectivity index is 1.68. The van der Waals surface area contributed by atoms with Gasteiger partial charge in [0.1, 0.15) is 6.04 Å². The molecule has 0 bridgehead atoms. The molecule has 3 rings (SSSR count). The minimum absolute atomic E-state index is 0.298. The second-order valence-electron chi connectivity index (χ2n) is 7.01. The van der Waals surface area contributed by atoms with E-state index >= 15 is 0 Å². The summed E-state index contributed by atoms with van der Waals surface area (Å²) >= 11 is 4.96. The molecule has 0 aromatic carbocycles. The quantitative estimate of drug-likeness (QED) is 0.624. The number of amides is 1. The summed E-state index contributed by atoms with van der Waals surface area (Å²) in [5.74, 6) is 0.843. The molecule has 1 aromatic rings. The number of ether oxygens (including phenoxy) is 2. The Hall–Kier alpha value is -1.97. The third-order valence-corrected chi connectivity index (χ3v) is 5.62. The first-order chi connectivity index (χ1) is 12.5. The van der Waals surface area contributed by atoms with Gasteiger partial charge < -0.3 is 9.47 Å². The van der Waals surface area contributed by atoms with Gasteiger partial charge in [-0.25, -0.2) is 9.59 Å². The molecule has 144 valence electrons. The Kier molecular flexibility index (Phi) is 5.90. The van der Waals surface area contributed by atoms with E-state index in [0.29, 0.717) is 42.1 Å². The largest absolute Gasteiger partial charge is 0.464 e. The van der Waals surface area contributed by atoms with E-state index in [1.54, 1.807) is 11.7 Å². The topological polar surface area (TPSA) is 102 Å². The average Bonchev–Trinajstić information content (AvgIpc) is 3.04. The van der Waals surface area contributed by atoms with E-state index in [-0.39, 0.29) is 5.97 Å². The lowest BCUT2D eigenvalue weighted by molar-refractivity contribution is -0.152. The van der Waals surface area contributed by atoms with Crippen LogP contribution in [0.15, 0.2) is 0 Å². The molecule has 10 heteroatoms. The number of nitrogens with zero attached hydrogens (tertiary/aromatic N) is 4. The van der Waals surface area contributed by atoms with Gasteiger partial charge in [0.25, 0.3) is 0 Å². The van der Waals surface area contributed by atoms with Crippen molar-refractivity contribution in [1.82, 2.24) is 25.1 Å². The van der Waals surface area contributed by atoms with Crippen LogP contribution in [0, 0.1) is 22.5 Å².